The van der Waals surface area contributed by atoms with Crippen LogP contribution < -0.4 is 0 Å². The van der Waals surface area contributed by atoms with E-state index in [0.29, 0.717) is 12.0 Å². The molecule has 49 heavy (non-hydrogen) atoms. The van der Waals surface area contributed by atoms with Crippen molar-refractivity contribution in [1.82, 2.24) is 0 Å². The quantitative estimate of drug-likeness (QED) is 0.140. The number of carbonyl (C=O) groups is 3. The van der Waals surface area contributed by atoms with Crippen molar-refractivity contribution in [2.24, 2.45) is 33.0 Å². The summed E-state index contributed by atoms with van der Waals surface area (Å²) < 4.78 is 11.1. The Hall–Kier alpha value is -4.18. The number of ketones is 1. The minimum Gasteiger partial charge on any atom is -0.504 e. The Morgan fingerprint density at radius 3 is 2.31 bits per heavy atom. The number of carbonyl (C=O) groups excluding carboxylic acids is 3. The van der Waals surface area contributed by atoms with Crippen molar-refractivity contribution in [3.8, 4) is 6.07 Å². The normalized spacial score (nSPS) is 35.3. The zero-order valence-corrected chi connectivity index (χ0v) is 30.0. The first-order chi connectivity index (χ1) is 23.0. The highest BCUT2D eigenvalue weighted by Gasteiger charge is 2.67. The van der Waals surface area contributed by atoms with Crippen LogP contribution in [0.1, 0.15) is 97.6 Å². The SMILES string of the molecule is CC1=C(O)C(=O)C=C2C1=CC=C1[C@@]2(C)CC[C@@]2(C)[C@@H]3C[C@](C)(C(=O)OCCOC(=O)/C(C#N)=C/c4ccc(C)cc4)CC[C@]3(C)CC[C@]12C. The summed E-state index contributed by atoms with van der Waals surface area (Å²) in [4.78, 5) is 39.2. The second-order valence-electron chi connectivity index (χ2n) is 16.5. The van der Waals surface area contributed by atoms with E-state index in [-0.39, 0.29) is 63.9 Å². The number of ether oxygens (including phenoxy) is 2. The fraction of sp³-hybridized carbons (Fsp3) is 0.524. The van der Waals surface area contributed by atoms with E-state index in [1.807, 2.05) is 51.1 Å². The van der Waals surface area contributed by atoms with Crippen LogP contribution >= 0.6 is 0 Å². The van der Waals surface area contributed by atoms with E-state index in [9.17, 15) is 24.8 Å². The molecule has 6 atom stereocenters. The summed E-state index contributed by atoms with van der Waals surface area (Å²) >= 11 is 0. The number of aryl methyl sites for hydroxylation is 1. The number of hydrogen-bond donors (Lipinski definition) is 1. The van der Waals surface area contributed by atoms with Gasteiger partial charge in [-0.25, -0.2) is 4.79 Å². The molecule has 258 valence electrons. The minimum atomic E-state index is -0.743. The first kappa shape index (κ1) is 34.7. The summed E-state index contributed by atoms with van der Waals surface area (Å²) in [6.45, 7) is 15.1. The maximum atomic E-state index is 13.8. The maximum absolute atomic E-state index is 13.8. The van der Waals surface area contributed by atoms with E-state index in [4.69, 9.17) is 9.47 Å². The van der Waals surface area contributed by atoms with Gasteiger partial charge in [-0.3, -0.25) is 9.59 Å². The molecule has 0 heterocycles. The van der Waals surface area contributed by atoms with Crippen molar-refractivity contribution >= 4 is 23.8 Å². The molecule has 7 nitrogen and oxygen atoms in total. The molecule has 0 bridgehead atoms. The Morgan fingerprint density at radius 1 is 0.939 bits per heavy atom. The van der Waals surface area contributed by atoms with Gasteiger partial charge in [0.2, 0.25) is 5.78 Å². The van der Waals surface area contributed by atoms with Gasteiger partial charge in [0, 0.05) is 11.0 Å². The Balaban J connectivity index is 1.17. The third kappa shape index (κ3) is 5.43. The highest BCUT2D eigenvalue weighted by atomic mass is 16.6. The monoisotopic (exact) mass is 663 g/mol. The fourth-order valence-corrected chi connectivity index (χ4v) is 10.1. The van der Waals surface area contributed by atoms with Crippen molar-refractivity contribution < 1.29 is 29.0 Å². The third-order valence-electron chi connectivity index (χ3n) is 13.6. The number of esters is 2. The summed E-state index contributed by atoms with van der Waals surface area (Å²) in [5.41, 5.74) is 4.56. The van der Waals surface area contributed by atoms with E-state index in [1.54, 1.807) is 6.08 Å². The molecule has 3 saturated carbocycles. The zero-order chi connectivity index (χ0) is 35.6. The van der Waals surface area contributed by atoms with Gasteiger partial charge in [0.1, 0.15) is 24.9 Å². The highest BCUT2D eigenvalue weighted by Crippen LogP contribution is 2.75. The van der Waals surface area contributed by atoms with Gasteiger partial charge in [0.05, 0.1) is 5.41 Å². The van der Waals surface area contributed by atoms with Gasteiger partial charge in [-0.15, -0.1) is 0 Å². The first-order valence-corrected chi connectivity index (χ1v) is 17.6. The Morgan fingerprint density at radius 2 is 1.61 bits per heavy atom. The number of nitrogens with zero attached hydrogens (tertiary/aromatic N) is 1. The second kappa shape index (κ2) is 12.0. The predicted molar refractivity (Wildman–Crippen MR) is 188 cm³/mol. The number of nitriles is 1. The van der Waals surface area contributed by atoms with Crippen molar-refractivity contribution in [2.75, 3.05) is 13.2 Å². The van der Waals surface area contributed by atoms with E-state index in [1.165, 1.54) is 11.6 Å². The summed E-state index contributed by atoms with van der Waals surface area (Å²) in [6.07, 6.45) is 13.8. The smallest absolute Gasteiger partial charge is 0.349 e. The van der Waals surface area contributed by atoms with Crippen molar-refractivity contribution in [3.05, 3.63) is 87.2 Å². The van der Waals surface area contributed by atoms with E-state index in [2.05, 4.69) is 39.8 Å². The number of aliphatic hydroxyl groups is 1. The summed E-state index contributed by atoms with van der Waals surface area (Å²) in [5.74, 6) is -1.22. The minimum absolute atomic E-state index is 0.0719. The molecule has 5 aliphatic rings. The van der Waals surface area contributed by atoms with E-state index in [0.717, 1.165) is 60.8 Å². The average molecular weight is 664 g/mol. The van der Waals surface area contributed by atoms with Crippen molar-refractivity contribution in [1.29, 1.82) is 5.26 Å². The fourth-order valence-electron chi connectivity index (χ4n) is 10.1. The maximum Gasteiger partial charge on any atom is 0.349 e. The van der Waals surface area contributed by atoms with Crippen LogP contribution in [0.5, 0.6) is 0 Å². The lowest BCUT2D eigenvalue weighted by molar-refractivity contribution is -0.183. The van der Waals surface area contributed by atoms with Crippen LogP contribution in [-0.4, -0.2) is 36.0 Å². The summed E-state index contributed by atoms with van der Waals surface area (Å²) in [6, 6.07) is 9.39. The van der Waals surface area contributed by atoms with Crippen molar-refractivity contribution in [3.63, 3.8) is 0 Å². The van der Waals surface area contributed by atoms with Gasteiger partial charge in [0.15, 0.2) is 5.76 Å². The molecule has 7 heteroatoms. The zero-order valence-electron chi connectivity index (χ0n) is 30.0. The molecule has 1 aromatic rings. The Labute approximate surface area is 290 Å². The van der Waals surface area contributed by atoms with Crippen LogP contribution in [-0.2, 0) is 23.9 Å². The number of rotatable bonds is 6. The molecule has 5 aliphatic carbocycles. The van der Waals surface area contributed by atoms with E-state index >= 15 is 0 Å². The van der Waals surface area contributed by atoms with E-state index < -0.39 is 11.4 Å². The molecule has 1 N–H and O–H groups in total. The van der Waals surface area contributed by atoms with Crippen LogP contribution in [0.25, 0.3) is 6.08 Å². The molecule has 0 spiro atoms. The summed E-state index contributed by atoms with van der Waals surface area (Å²) in [7, 11) is 0. The number of aliphatic hydroxyl groups excluding tert-OH is 1. The van der Waals surface area contributed by atoms with Crippen molar-refractivity contribution in [2.45, 2.75) is 93.4 Å². The highest BCUT2D eigenvalue weighted by molar-refractivity contribution is 6.06. The summed E-state index contributed by atoms with van der Waals surface area (Å²) in [5, 5.41) is 19.9. The van der Waals surface area contributed by atoms with Crippen LogP contribution in [0.3, 0.4) is 0 Å². The Kier molecular flexibility index (Phi) is 8.49. The van der Waals surface area contributed by atoms with Crippen LogP contribution in [0, 0.1) is 51.2 Å². The molecule has 0 aliphatic heterocycles. The van der Waals surface area contributed by atoms with Crippen LogP contribution in [0.4, 0.5) is 0 Å². The van der Waals surface area contributed by atoms with Crippen LogP contribution in [0.15, 0.2) is 76.1 Å². The molecule has 0 radical (unpaired) electrons. The standard InChI is InChI=1S/C42H49NO6/c1-26-8-10-28(11-9-26)22-29(25-43)36(46)48-20-21-49-37(47)39(4)15-14-38(3)16-18-41(6)33-13-12-30-27(2)35(45)32(44)23-31(30)40(33,5)17-19-42(41,7)34(38)24-39/h8-13,22-23,34,45H,14-21,24H2,1-7H3/b29-22+/t34-,38-,39-,40+,41-,42+/m1/s1. The average Bonchev–Trinajstić information content (AvgIpc) is 3.07. The third-order valence-corrected chi connectivity index (χ3v) is 13.6. The first-order valence-electron chi connectivity index (χ1n) is 17.6. The number of benzene rings is 1. The predicted octanol–water partition coefficient (Wildman–Crippen LogP) is 8.62. The van der Waals surface area contributed by atoms with Crippen LogP contribution in [0.2, 0.25) is 0 Å². The van der Waals surface area contributed by atoms with Gasteiger partial charge in [0.25, 0.3) is 0 Å². The topological polar surface area (TPSA) is 114 Å². The lowest BCUT2D eigenvalue weighted by atomic mass is 9.34. The van der Waals surface area contributed by atoms with Gasteiger partial charge >= 0.3 is 11.9 Å². The second-order valence-corrected chi connectivity index (χ2v) is 16.5. The van der Waals surface area contributed by atoms with Gasteiger partial charge in [-0.2, -0.15) is 5.26 Å². The lowest BCUT2D eigenvalue weighted by Crippen LogP contribution is -2.62. The number of allylic oxidation sites excluding steroid dienone is 7. The molecule has 1 aromatic carbocycles. The largest absolute Gasteiger partial charge is 0.504 e. The molecule has 3 fully saturated rings. The molecule has 0 saturated heterocycles. The van der Waals surface area contributed by atoms with Gasteiger partial charge < -0.3 is 14.6 Å². The van der Waals surface area contributed by atoms with Gasteiger partial charge in [-0.1, -0.05) is 75.2 Å². The molecular weight excluding hydrogens is 614 g/mol. The molecular formula is C42H49NO6. The number of hydrogen-bond acceptors (Lipinski definition) is 7. The Bertz CT molecular complexity index is 1820. The molecule has 0 amide bonds. The number of fused-ring (bicyclic) bond motifs is 7. The molecule has 0 aromatic heterocycles. The van der Waals surface area contributed by atoms with Gasteiger partial charge in [-0.05, 0) is 117 Å². The molecule has 6 rings (SSSR count). The lowest BCUT2D eigenvalue weighted by Gasteiger charge is -2.70. The molecule has 0 unspecified atom stereocenters.